The fraction of sp³-hybridized carbons (Fsp3) is 0.625. The molecule has 0 aromatic heterocycles. The lowest BCUT2D eigenvalue weighted by Gasteiger charge is -2.14. The Balaban J connectivity index is 2.20. The molecule has 2 atom stereocenters. The Kier molecular flexibility index (Phi) is 4.94. The van der Waals surface area contributed by atoms with E-state index in [-0.39, 0.29) is 6.04 Å². The summed E-state index contributed by atoms with van der Waals surface area (Å²) in [5.74, 6) is 0.520. The molecule has 1 aliphatic rings. The van der Waals surface area contributed by atoms with E-state index in [1.807, 2.05) is 32.9 Å². The molecule has 21 heavy (non-hydrogen) atoms. The first-order chi connectivity index (χ1) is 9.89. The minimum Gasteiger partial charge on any atom is -0.385 e. The van der Waals surface area contributed by atoms with Crippen LogP contribution in [-0.4, -0.2) is 21.0 Å². The maximum atomic E-state index is 12.6. The largest absolute Gasteiger partial charge is 0.385 e. The molecular weight excluding hydrogens is 284 g/mol. The highest BCUT2D eigenvalue weighted by molar-refractivity contribution is 7.89. The second-order valence-electron chi connectivity index (χ2n) is 5.98. The van der Waals surface area contributed by atoms with Crippen LogP contribution in [0.2, 0.25) is 0 Å². The Labute approximate surface area is 128 Å². The zero-order chi connectivity index (χ0) is 15.6. The lowest BCUT2D eigenvalue weighted by atomic mass is 10.1. The van der Waals surface area contributed by atoms with E-state index in [0.29, 0.717) is 10.8 Å². The van der Waals surface area contributed by atoms with Gasteiger partial charge in [-0.15, -0.1) is 0 Å². The van der Waals surface area contributed by atoms with E-state index >= 15 is 0 Å². The second kappa shape index (κ2) is 6.36. The van der Waals surface area contributed by atoms with Crippen LogP contribution in [-0.2, 0) is 10.0 Å². The van der Waals surface area contributed by atoms with Gasteiger partial charge in [0.25, 0.3) is 0 Å². The molecule has 1 aromatic rings. The number of hydrogen-bond donors (Lipinski definition) is 2. The van der Waals surface area contributed by atoms with E-state index in [1.165, 1.54) is 0 Å². The lowest BCUT2D eigenvalue weighted by Crippen LogP contribution is -2.28. The summed E-state index contributed by atoms with van der Waals surface area (Å²) in [5.41, 5.74) is 2.57. The molecule has 1 aliphatic carbocycles. The number of nitrogens with one attached hydrogen (secondary N) is 2. The molecule has 2 unspecified atom stereocenters. The average molecular weight is 310 g/mol. The van der Waals surface area contributed by atoms with E-state index in [2.05, 4.69) is 17.0 Å². The van der Waals surface area contributed by atoms with Crippen LogP contribution in [0.4, 0.5) is 5.69 Å². The van der Waals surface area contributed by atoms with Crippen LogP contribution in [0.3, 0.4) is 0 Å². The number of anilines is 1. The van der Waals surface area contributed by atoms with Gasteiger partial charge in [0.1, 0.15) is 0 Å². The van der Waals surface area contributed by atoms with Crippen LogP contribution < -0.4 is 10.0 Å². The monoisotopic (exact) mass is 310 g/mol. The maximum absolute atomic E-state index is 12.6. The smallest absolute Gasteiger partial charge is 0.241 e. The Morgan fingerprint density at radius 1 is 1.19 bits per heavy atom. The van der Waals surface area contributed by atoms with Crippen molar-refractivity contribution < 1.29 is 8.42 Å². The van der Waals surface area contributed by atoms with Crippen molar-refractivity contribution >= 4 is 15.7 Å². The van der Waals surface area contributed by atoms with Crippen molar-refractivity contribution in [3.8, 4) is 0 Å². The van der Waals surface area contributed by atoms with Gasteiger partial charge in [0, 0.05) is 18.3 Å². The van der Waals surface area contributed by atoms with Crippen LogP contribution >= 0.6 is 0 Å². The SMILES string of the molecule is CCCC1CC1NS(=O)(=O)c1c(C)cc(NCC)cc1C. The molecule has 1 saturated carbocycles. The van der Waals surface area contributed by atoms with Crippen LogP contribution in [0, 0.1) is 19.8 Å². The number of aryl methyl sites for hydroxylation is 2. The molecule has 0 radical (unpaired) electrons. The van der Waals surface area contributed by atoms with E-state index in [4.69, 9.17) is 0 Å². The van der Waals surface area contributed by atoms with Crippen molar-refractivity contribution in [1.82, 2.24) is 4.72 Å². The Bertz CT molecular complexity index is 588. The van der Waals surface area contributed by atoms with Gasteiger partial charge in [-0.2, -0.15) is 0 Å². The van der Waals surface area contributed by atoms with Crippen molar-refractivity contribution in [3.63, 3.8) is 0 Å². The topological polar surface area (TPSA) is 58.2 Å². The highest BCUT2D eigenvalue weighted by atomic mass is 32.2. The first kappa shape index (κ1) is 16.3. The average Bonchev–Trinajstić information content (AvgIpc) is 3.05. The van der Waals surface area contributed by atoms with Crippen LogP contribution in [0.5, 0.6) is 0 Å². The minimum atomic E-state index is -3.42. The van der Waals surface area contributed by atoms with E-state index in [0.717, 1.165) is 42.6 Å². The molecule has 0 bridgehead atoms. The standard InChI is InChI=1S/C16H26N2O2S/c1-5-7-13-10-15(13)18-21(19,20)16-11(3)8-14(17-6-2)9-12(16)4/h8-9,13,15,17-18H,5-7,10H2,1-4H3. The van der Waals surface area contributed by atoms with E-state index in [9.17, 15) is 8.42 Å². The Hall–Kier alpha value is -1.07. The molecule has 118 valence electrons. The van der Waals surface area contributed by atoms with Gasteiger partial charge in [-0.3, -0.25) is 0 Å². The molecule has 0 saturated heterocycles. The molecule has 2 rings (SSSR count). The Morgan fingerprint density at radius 3 is 2.33 bits per heavy atom. The highest BCUT2D eigenvalue weighted by Crippen LogP contribution is 2.36. The van der Waals surface area contributed by atoms with Crippen LogP contribution in [0.1, 0.15) is 44.2 Å². The summed E-state index contributed by atoms with van der Waals surface area (Å²) in [6, 6.07) is 3.94. The number of benzene rings is 1. The fourth-order valence-corrected chi connectivity index (χ4v) is 4.79. The van der Waals surface area contributed by atoms with Gasteiger partial charge in [-0.1, -0.05) is 13.3 Å². The van der Waals surface area contributed by atoms with Gasteiger partial charge < -0.3 is 5.32 Å². The summed E-state index contributed by atoms with van der Waals surface area (Å²) in [5, 5.41) is 3.23. The van der Waals surface area contributed by atoms with E-state index in [1.54, 1.807) is 0 Å². The molecular formula is C16H26N2O2S. The van der Waals surface area contributed by atoms with Crippen LogP contribution in [0.15, 0.2) is 17.0 Å². The van der Waals surface area contributed by atoms with Gasteiger partial charge in [0.05, 0.1) is 4.90 Å². The number of sulfonamides is 1. The molecule has 0 spiro atoms. The highest BCUT2D eigenvalue weighted by Gasteiger charge is 2.39. The van der Waals surface area contributed by atoms with Crippen molar-refractivity contribution in [3.05, 3.63) is 23.3 Å². The van der Waals surface area contributed by atoms with Gasteiger partial charge >= 0.3 is 0 Å². The summed E-state index contributed by atoms with van der Waals surface area (Å²) in [4.78, 5) is 0.436. The van der Waals surface area contributed by atoms with Gasteiger partial charge in [-0.25, -0.2) is 13.1 Å². The minimum absolute atomic E-state index is 0.127. The summed E-state index contributed by atoms with van der Waals surface area (Å²) < 4.78 is 28.1. The summed E-state index contributed by atoms with van der Waals surface area (Å²) >= 11 is 0. The third kappa shape index (κ3) is 3.77. The lowest BCUT2D eigenvalue weighted by molar-refractivity contribution is 0.572. The first-order valence-corrected chi connectivity index (χ1v) is 9.24. The van der Waals surface area contributed by atoms with Crippen molar-refractivity contribution in [2.75, 3.05) is 11.9 Å². The third-order valence-electron chi connectivity index (χ3n) is 4.00. The van der Waals surface area contributed by atoms with Crippen LogP contribution in [0.25, 0.3) is 0 Å². The van der Waals surface area contributed by atoms with E-state index < -0.39 is 10.0 Å². The van der Waals surface area contributed by atoms with Gasteiger partial charge in [0.15, 0.2) is 0 Å². The van der Waals surface area contributed by atoms with Crippen molar-refractivity contribution in [1.29, 1.82) is 0 Å². The van der Waals surface area contributed by atoms with Gasteiger partial charge in [-0.05, 0) is 62.8 Å². The molecule has 4 nitrogen and oxygen atoms in total. The molecule has 5 heteroatoms. The molecule has 0 heterocycles. The Morgan fingerprint density at radius 2 is 1.81 bits per heavy atom. The normalized spacial score (nSPS) is 21.3. The number of hydrogen-bond acceptors (Lipinski definition) is 3. The molecule has 0 aliphatic heterocycles. The van der Waals surface area contributed by atoms with Crippen molar-refractivity contribution in [2.45, 2.75) is 57.9 Å². The molecule has 0 amide bonds. The quantitative estimate of drug-likeness (QED) is 0.813. The predicted molar refractivity (Wildman–Crippen MR) is 87.2 cm³/mol. The zero-order valence-electron chi connectivity index (χ0n) is 13.4. The summed E-state index contributed by atoms with van der Waals surface area (Å²) in [6.45, 7) is 8.71. The predicted octanol–water partition coefficient (Wildman–Crippen LogP) is 3.20. The first-order valence-electron chi connectivity index (χ1n) is 7.76. The van der Waals surface area contributed by atoms with Gasteiger partial charge in [0.2, 0.25) is 10.0 Å². The third-order valence-corrected chi connectivity index (χ3v) is 5.79. The fourth-order valence-electron chi connectivity index (χ4n) is 3.02. The second-order valence-corrected chi connectivity index (χ2v) is 7.63. The molecule has 2 N–H and O–H groups in total. The summed E-state index contributed by atoms with van der Waals surface area (Å²) in [7, 11) is -3.42. The molecule has 1 fully saturated rings. The summed E-state index contributed by atoms with van der Waals surface area (Å²) in [6.07, 6.45) is 3.18. The molecule has 1 aromatic carbocycles. The zero-order valence-corrected chi connectivity index (χ0v) is 14.2. The van der Waals surface area contributed by atoms with Crippen molar-refractivity contribution in [2.24, 2.45) is 5.92 Å². The number of rotatable bonds is 7. The maximum Gasteiger partial charge on any atom is 0.241 e.